The highest BCUT2D eigenvalue weighted by Crippen LogP contribution is 2.19. The highest BCUT2D eigenvalue weighted by atomic mass is 19.1. The van der Waals surface area contributed by atoms with Gasteiger partial charge in [-0.05, 0) is 35.5 Å². The summed E-state index contributed by atoms with van der Waals surface area (Å²) in [6, 6.07) is 7.44. The zero-order chi connectivity index (χ0) is 9.26. The van der Waals surface area contributed by atoms with Crippen molar-refractivity contribution in [1.29, 1.82) is 0 Å². The van der Waals surface area contributed by atoms with Crippen molar-refractivity contribution >= 4 is 16.6 Å². The van der Waals surface area contributed by atoms with E-state index in [0.717, 1.165) is 0 Å². The Morgan fingerprint density at radius 1 is 1.23 bits per heavy atom. The van der Waals surface area contributed by atoms with Crippen LogP contribution in [0.15, 0.2) is 35.5 Å². The van der Waals surface area contributed by atoms with Crippen molar-refractivity contribution in [2.24, 2.45) is 5.18 Å². The van der Waals surface area contributed by atoms with Gasteiger partial charge < -0.3 is 0 Å². The third kappa shape index (κ3) is 1.38. The lowest BCUT2D eigenvalue weighted by Gasteiger charge is -1.96. The number of hydrogen-bond donors (Lipinski definition) is 0. The topological polar surface area (TPSA) is 42.3 Å². The molecule has 0 fully saturated rings. The third-order valence-electron chi connectivity index (χ3n) is 1.74. The van der Waals surface area contributed by atoms with Gasteiger partial charge in [-0.3, -0.25) is 0 Å². The lowest BCUT2D eigenvalue weighted by Crippen LogP contribution is -1.82. The summed E-state index contributed by atoms with van der Waals surface area (Å²) in [5.41, 5.74) is 0.841. The number of fused-ring (bicyclic) bond motifs is 1. The molecule has 1 heterocycles. The van der Waals surface area contributed by atoms with Crippen molar-refractivity contribution in [3.8, 4) is 0 Å². The highest BCUT2D eigenvalue weighted by molar-refractivity contribution is 5.81. The van der Waals surface area contributed by atoms with E-state index in [1.54, 1.807) is 18.2 Å². The molecule has 0 saturated carbocycles. The molecule has 1 aromatic carbocycles. The second kappa shape index (κ2) is 2.90. The first kappa shape index (κ1) is 7.79. The van der Waals surface area contributed by atoms with E-state index in [9.17, 15) is 9.30 Å². The van der Waals surface area contributed by atoms with Crippen LogP contribution >= 0.6 is 0 Å². The van der Waals surface area contributed by atoms with Gasteiger partial charge in [-0.25, -0.2) is 4.98 Å². The summed E-state index contributed by atoms with van der Waals surface area (Å²) in [6.07, 6.45) is 0. The molecule has 0 unspecified atom stereocenters. The van der Waals surface area contributed by atoms with Crippen molar-refractivity contribution in [3.05, 3.63) is 41.2 Å². The van der Waals surface area contributed by atoms with E-state index in [1.165, 1.54) is 12.1 Å². The molecule has 0 N–H and O–H groups in total. The lowest BCUT2D eigenvalue weighted by molar-refractivity contribution is 0.589. The maximum absolute atomic E-state index is 12.6. The number of pyridine rings is 1. The molecule has 0 aliphatic carbocycles. The van der Waals surface area contributed by atoms with Crippen LogP contribution in [0.1, 0.15) is 0 Å². The van der Waals surface area contributed by atoms with Gasteiger partial charge in [-0.15, -0.1) is 4.91 Å². The van der Waals surface area contributed by atoms with Gasteiger partial charge in [0.2, 0.25) is 5.95 Å². The summed E-state index contributed by atoms with van der Waals surface area (Å²) in [4.78, 5) is 13.8. The molecule has 0 aliphatic rings. The van der Waals surface area contributed by atoms with Gasteiger partial charge in [0.15, 0.2) is 0 Å². The smallest absolute Gasteiger partial charge is 0.213 e. The summed E-state index contributed by atoms with van der Waals surface area (Å²) >= 11 is 0. The monoisotopic (exact) mass is 176 g/mol. The van der Waals surface area contributed by atoms with Gasteiger partial charge in [-0.1, -0.05) is 0 Å². The number of hydrogen-bond acceptors (Lipinski definition) is 3. The Morgan fingerprint density at radius 3 is 2.85 bits per heavy atom. The number of halogens is 1. The van der Waals surface area contributed by atoms with Gasteiger partial charge in [0.25, 0.3) is 0 Å². The molecule has 0 atom stereocenters. The number of rotatable bonds is 1. The van der Waals surface area contributed by atoms with Crippen LogP contribution in [-0.4, -0.2) is 4.98 Å². The van der Waals surface area contributed by atoms with Crippen LogP contribution in [0.4, 0.5) is 10.1 Å². The van der Waals surface area contributed by atoms with E-state index in [0.29, 0.717) is 16.6 Å². The van der Waals surface area contributed by atoms with Gasteiger partial charge in [0.05, 0.1) is 5.52 Å². The molecule has 0 saturated heterocycles. The van der Waals surface area contributed by atoms with Crippen molar-refractivity contribution in [3.63, 3.8) is 0 Å². The van der Waals surface area contributed by atoms with E-state index < -0.39 is 5.95 Å². The molecule has 0 amide bonds. The van der Waals surface area contributed by atoms with E-state index >= 15 is 0 Å². The maximum atomic E-state index is 12.6. The van der Waals surface area contributed by atoms with Crippen LogP contribution in [0.2, 0.25) is 0 Å². The van der Waals surface area contributed by atoms with E-state index in [1.807, 2.05) is 0 Å². The predicted octanol–water partition coefficient (Wildman–Crippen LogP) is 2.77. The van der Waals surface area contributed by atoms with Gasteiger partial charge in [0, 0.05) is 5.39 Å². The molecule has 0 aliphatic heterocycles. The third-order valence-corrected chi connectivity index (χ3v) is 1.74. The molecule has 4 heteroatoms. The van der Waals surface area contributed by atoms with Crippen LogP contribution in [0, 0.1) is 10.9 Å². The number of aromatic nitrogens is 1. The fourth-order valence-corrected chi connectivity index (χ4v) is 1.14. The van der Waals surface area contributed by atoms with Crippen LogP contribution < -0.4 is 0 Å². The number of nitrogens with zero attached hydrogens (tertiary/aromatic N) is 2. The minimum Gasteiger partial charge on any atom is -0.220 e. The van der Waals surface area contributed by atoms with E-state index in [-0.39, 0.29) is 0 Å². The Balaban J connectivity index is 2.73. The highest BCUT2D eigenvalue weighted by Gasteiger charge is 1.98. The molecule has 3 nitrogen and oxygen atoms in total. The summed E-state index contributed by atoms with van der Waals surface area (Å²) in [5, 5.41) is 3.48. The number of nitroso groups, excluding NO2 is 1. The lowest BCUT2D eigenvalue weighted by atomic mass is 10.2. The zero-order valence-corrected chi connectivity index (χ0v) is 6.57. The molecule has 1 aromatic heterocycles. The fraction of sp³-hybridized carbons (Fsp3) is 0. The quantitative estimate of drug-likeness (QED) is 0.495. The predicted molar refractivity (Wildman–Crippen MR) is 47.2 cm³/mol. The second-order valence-corrected chi connectivity index (χ2v) is 2.60. The molecule has 13 heavy (non-hydrogen) atoms. The Labute approximate surface area is 73.2 Å². The Kier molecular flexibility index (Phi) is 1.73. The van der Waals surface area contributed by atoms with E-state index in [4.69, 9.17) is 0 Å². The first-order chi connectivity index (χ1) is 6.29. The molecular weight excluding hydrogens is 171 g/mol. The van der Waals surface area contributed by atoms with Gasteiger partial charge in [-0.2, -0.15) is 4.39 Å². The minimum atomic E-state index is -0.528. The SMILES string of the molecule is O=Nc1ccc2nc(F)ccc2c1. The summed E-state index contributed by atoms with van der Waals surface area (Å²) in [5.74, 6) is -0.528. The van der Waals surface area contributed by atoms with Gasteiger partial charge >= 0.3 is 0 Å². The molecule has 0 spiro atoms. The zero-order valence-electron chi connectivity index (χ0n) is 6.57. The molecular formula is C9H5FN2O. The largest absolute Gasteiger partial charge is 0.220 e. The molecule has 0 radical (unpaired) electrons. The minimum absolute atomic E-state index is 0.320. The summed E-state index contributed by atoms with van der Waals surface area (Å²) in [7, 11) is 0. The van der Waals surface area contributed by atoms with Crippen molar-refractivity contribution in [1.82, 2.24) is 4.98 Å². The molecule has 2 aromatic rings. The Morgan fingerprint density at radius 2 is 2.08 bits per heavy atom. The van der Waals surface area contributed by atoms with Crippen LogP contribution in [0.5, 0.6) is 0 Å². The second-order valence-electron chi connectivity index (χ2n) is 2.60. The van der Waals surface area contributed by atoms with E-state index in [2.05, 4.69) is 10.2 Å². The first-order valence-electron chi connectivity index (χ1n) is 3.69. The normalized spacial score (nSPS) is 10.2. The Bertz CT molecular complexity index is 470. The fourth-order valence-electron chi connectivity index (χ4n) is 1.14. The molecule has 64 valence electrons. The maximum Gasteiger partial charge on any atom is 0.213 e. The summed E-state index contributed by atoms with van der Waals surface area (Å²) in [6.45, 7) is 0. The van der Waals surface area contributed by atoms with Crippen LogP contribution in [-0.2, 0) is 0 Å². The van der Waals surface area contributed by atoms with Crippen molar-refractivity contribution < 1.29 is 4.39 Å². The van der Waals surface area contributed by atoms with Crippen LogP contribution in [0.25, 0.3) is 10.9 Å². The molecule has 2 rings (SSSR count). The first-order valence-corrected chi connectivity index (χ1v) is 3.69. The average molecular weight is 176 g/mol. The molecule has 0 bridgehead atoms. The van der Waals surface area contributed by atoms with Crippen LogP contribution in [0.3, 0.4) is 0 Å². The standard InChI is InChI=1S/C9H5FN2O/c10-9-4-1-6-5-7(12-13)2-3-8(6)11-9/h1-5H. The average Bonchev–Trinajstić information content (AvgIpc) is 2.17. The Hall–Kier alpha value is -1.84. The van der Waals surface area contributed by atoms with Crippen molar-refractivity contribution in [2.45, 2.75) is 0 Å². The van der Waals surface area contributed by atoms with Crippen molar-refractivity contribution in [2.75, 3.05) is 0 Å². The number of benzene rings is 1. The van der Waals surface area contributed by atoms with Gasteiger partial charge in [0.1, 0.15) is 5.69 Å². The summed E-state index contributed by atoms with van der Waals surface area (Å²) < 4.78 is 12.6.